The summed E-state index contributed by atoms with van der Waals surface area (Å²) in [6.45, 7) is 4.01. The van der Waals surface area contributed by atoms with E-state index in [4.69, 9.17) is 0 Å². The van der Waals surface area contributed by atoms with E-state index >= 15 is 0 Å². The van der Waals surface area contributed by atoms with Crippen LogP contribution in [0.2, 0.25) is 0 Å². The summed E-state index contributed by atoms with van der Waals surface area (Å²) < 4.78 is 1.85. The Hall–Kier alpha value is -3.02. The van der Waals surface area contributed by atoms with Gasteiger partial charge in [0.05, 0.1) is 11.9 Å². The molecule has 146 valence electrons. The van der Waals surface area contributed by atoms with E-state index in [1.54, 1.807) is 0 Å². The molecule has 0 saturated heterocycles. The van der Waals surface area contributed by atoms with E-state index in [0.29, 0.717) is 0 Å². The molecule has 0 radical (unpaired) electrons. The first kappa shape index (κ1) is 18.0. The number of aromatic nitrogens is 3. The maximum Gasteiger partial charge on any atom is 0.113 e. The summed E-state index contributed by atoms with van der Waals surface area (Å²) >= 11 is 0. The van der Waals surface area contributed by atoms with Crippen LogP contribution >= 0.6 is 0 Å². The highest BCUT2D eigenvalue weighted by Crippen LogP contribution is 2.25. The summed E-state index contributed by atoms with van der Waals surface area (Å²) in [6, 6.07) is 17.2. The van der Waals surface area contributed by atoms with Gasteiger partial charge in [-0.25, -0.2) is 4.68 Å². The standard InChI is InChI=1S/C24H25N5/c1-3-22(4-2-18(1)20-9-13-25-14-10-20)24-17-29(28-27-24)23-7-5-19(6-8-23)21-11-15-26-16-12-21/h1-9,11,17,25-26H,10,12-16H2. The number of nitrogens with one attached hydrogen (secondary N) is 2. The molecule has 3 heterocycles. The molecule has 0 unspecified atom stereocenters. The summed E-state index contributed by atoms with van der Waals surface area (Å²) in [5.41, 5.74) is 8.43. The van der Waals surface area contributed by atoms with Gasteiger partial charge in [0.1, 0.15) is 5.69 Å². The van der Waals surface area contributed by atoms with Crippen molar-refractivity contribution in [3.05, 3.63) is 78.0 Å². The minimum atomic E-state index is 0.890. The largest absolute Gasteiger partial charge is 0.313 e. The van der Waals surface area contributed by atoms with Crippen molar-refractivity contribution in [2.45, 2.75) is 12.8 Å². The van der Waals surface area contributed by atoms with E-state index in [9.17, 15) is 0 Å². The van der Waals surface area contributed by atoms with Crippen LogP contribution in [-0.2, 0) is 0 Å². The topological polar surface area (TPSA) is 54.8 Å². The number of rotatable bonds is 4. The van der Waals surface area contributed by atoms with E-state index in [1.165, 1.54) is 22.3 Å². The Morgan fingerprint density at radius 2 is 1.24 bits per heavy atom. The fourth-order valence-corrected chi connectivity index (χ4v) is 3.98. The molecule has 0 aliphatic carbocycles. The van der Waals surface area contributed by atoms with Crippen LogP contribution in [0.3, 0.4) is 0 Å². The molecule has 2 aliphatic rings. The molecule has 0 amide bonds. The lowest BCUT2D eigenvalue weighted by Gasteiger charge is -2.14. The van der Waals surface area contributed by atoms with Gasteiger partial charge in [-0.3, -0.25) is 0 Å². The number of benzene rings is 2. The quantitative estimate of drug-likeness (QED) is 0.722. The molecule has 0 bridgehead atoms. The smallest absolute Gasteiger partial charge is 0.113 e. The Morgan fingerprint density at radius 1 is 0.690 bits per heavy atom. The average molecular weight is 383 g/mol. The molecule has 2 aromatic carbocycles. The first-order valence-electron chi connectivity index (χ1n) is 10.3. The Labute approximate surface area is 171 Å². The Morgan fingerprint density at radius 3 is 1.79 bits per heavy atom. The van der Waals surface area contributed by atoms with Crippen LogP contribution in [0.25, 0.3) is 28.1 Å². The highest BCUT2D eigenvalue weighted by atomic mass is 15.4. The fourth-order valence-electron chi connectivity index (χ4n) is 3.98. The SMILES string of the molecule is C1=C(c2ccc(-c3cn(-c4ccc(C5=CCNCC5)cc4)nn3)cc2)CCNC1. The van der Waals surface area contributed by atoms with Crippen molar-refractivity contribution >= 4 is 11.1 Å². The van der Waals surface area contributed by atoms with Gasteiger partial charge in [0.25, 0.3) is 0 Å². The molecule has 1 aromatic heterocycles. The lowest BCUT2D eigenvalue weighted by atomic mass is 9.99. The zero-order valence-corrected chi connectivity index (χ0v) is 16.4. The summed E-state index contributed by atoms with van der Waals surface area (Å²) in [4.78, 5) is 0. The van der Waals surface area contributed by atoms with E-state index in [0.717, 1.165) is 56.0 Å². The van der Waals surface area contributed by atoms with Gasteiger partial charge in [-0.05, 0) is 60.3 Å². The van der Waals surface area contributed by atoms with Crippen LogP contribution in [0.5, 0.6) is 0 Å². The summed E-state index contributed by atoms with van der Waals surface area (Å²) in [5.74, 6) is 0. The van der Waals surface area contributed by atoms with Crippen molar-refractivity contribution in [2.75, 3.05) is 26.2 Å². The predicted octanol–water partition coefficient (Wildman–Crippen LogP) is 3.69. The van der Waals surface area contributed by atoms with Gasteiger partial charge in [-0.2, -0.15) is 0 Å². The maximum atomic E-state index is 4.39. The van der Waals surface area contributed by atoms with Crippen molar-refractivity contribution in [3.8, 4) is 16.9 Å². The van der Waals surface area contributed by atoms with Crippen LogP contribution in [-0.4, -0.2) is 41.2 Å². The second-order valence-corrected chi connectivity index (χ2v) is 7.54. The number of hydrogen-bond donors (Lipinski definition) is 2. The molecule has 3 aromatic rings. The third kappa shape index (κ3) is 3.92. The summed E-state index contributed by atoms with van der Waals surface area (Å²) in [5, 5.41) is 15.4. The first-order chi connectivity index (χ1) is 14.4. The monoisotopic (exact) mass is 383 g/mol. The van der Waals surface area contributed by atoms with Crippen molar-refractivity contribution < 1.29 is 0 Å². The van der Waals surface area contributed by atoms with Crippen molar-refractivity contribution in [3.63, 3.8) is 0 Å². The van der Waals surface area contributed by atoms with Crippen molar-refractivity contribution in [2.24, 2.45) is 0 Å². The maximum absolute atomic E-state index is 4.39. The van der Waals surface area contributed by atoms with Gasteiger partial charge >= 0.3 is 0 Å². The normalized spacial score (nSPS) is 17.0. The van der Waals surface area contributed by atoms with Crippen LogP contribution in [0.15, 0.2) is 66.9 Å². The predicted molar refractivity (Wildman–Crippen MR) is 118 cm³/mol. The molecule has 5 heteroatoms. The van der Waals surface area contributed by atoms with Gasteiger partial charge in [0.15, 0.2) is 0 Å². The molecular formula is C24H25N5. The minimum Gasteiger partial charge on any atom is -0.313 e. The number of nitrogens with zero attached hydrogens (tertiary/aromatic N) is 3. The first-order valence-corrected chi connectivity index (χ1v) is 10.3. The average Bonchev–Trinajstić information content (AvgIpc) is 3.31. The highest BCUT2D eigenvalue weighted by molar-refractivity contribution is 5.70. The fraction of sp³-hybridized carbons (Fsp3) is 0.250. The second kappa shape index (κ2) is 8.15. The van der Waals surface area contributed by atoms with Crippen LogP contribution in [0, 0.1) is 0 Å². The number of hydrogen-bond acceptors (Lipinski definition) is 4. The molecule has 2 aliphatic heterocycles. The third-order valence-corrected chi connectivity index (χ3v) is 5.68. The van der Waals surface area contributed by atoms with Crippen molar-refractivity contribution in [1.29, 1.82) is 0 Å². The molecular weight excluding hydrogens is 358 g/mol. The molecule has 5 nitrogen and oxygen atoms in total. The third-order valence-electron chi connectivity index (χ3n) is 5.68. The van der Waals surface area contributed by atoms with E-state index in [1.807, 2.05) is 10.9 Å². The Bertz CT molecular complexity index is 958. The van der Waals surface area contributed by atoms with Crippen LogP contribution < -0.4 is 10.6 Å². The molecule has 0 spiro atoms. The molecule has 0 saturated carbocycles. The summed E-state index contributed by atoms with van der Waals surface area (Å²) in [6.07, 6.45) is 8.71. The second-order valence-electron chi connectivity index (χ2n) is 7.54. The molecule has 2 N–H and O–H groups in total. The van der Waals surface area contributed by atoms with Gasteiger partial charge in [-0.1, -0.05) is 53.8 Å². The van der Waals surface area contributed by atoms with Gasteiger partial charge in [0.2, 0.25) is 0 Å². The molecule has 5 rings (SSSR count). The molecule has 0 atom stereocenters. The molecule has 0 fully saturated rings. The van der Waals surface area contributed by atoms with E-state index in [2.05, 4.69) is 81.6 Å². The minimum absolute atomic E-state index is 0.890. The van der Waals surface area contributed by atoms with Crippen LogP contribution in [0.4, 0.5) is 0 Å². The lowest BCUT2D eigenvalue weighted by Crippen LogP contribution is -2.19. The molecule has 29 heavy (non-hydrogen) atoms. The van der Waals surface area contributed by atoms with Gasteiger partial charge < -0.3 is 10.6 Å². The Balaban J connectivity index is 1.34. The van der Waals surface area contributed by atoms with E-state index in [-0.39, 0.29) is 0 Å². The zero-order chi connectivity index (χ0) is 19.5. The van der Waals surface area contributed by atoms with Crippen molar-refractivity contribution in [1.82, 2.24) is 25.6 Å². The summed E-state index contributed by atoms with van der Waals surface area (Å²) in [7, 11) is 0. The lowest BCUT2D eigenvalue weighted by molar-refractivity contribution is 0.738. The Kier molecular flexibility index (Phi) is 5.07. The van der Waals surface area contributed by atoms with Crippen LogP contribution in [0.1, 0.15) is 24.0 Å². The van der Waals surface area contributed by atoms with Gasteiger partial charge in [0, 0.05) is 18.7 Å². The zero-order valence-electron chi connectivity index (χ0n) is 16.4. The van der Waals surface area contributed by atoms with E-state index < -0.39 is 0 Å². The highest BCUT2D eigenvalue weighted by Gasteiger charge is 2.10. The van der Waals surface area contributed by atoms with Gasteiger partial charge in [-0.15, -0.1) is 5.10 Å².